The van der Waals surface area contributed by atoms with Crippen LogP contribution in [-0.4, -0.2) is 26.4 Å². The number of benzene rings is 1. The fourth-order valence-corrected chi connectivity index (χ4v) is 4.10. The van der Waals surface area contributed by atoms with Crippen LogP contribution in [0.5, 0.6) is 0 Å². The molecule has 4 aliphatic rings. The molecule has 2 bridgehead atoms. The molecular weight excluding hydrogens is 320 g/mol. The van der Waals surface area contributed by atoms with Gasteiger partial charge in [-0.25, -0.2) is 0 Å². The van der Waals surface area contributed by atoms with Crippen molar-refractivity contribution in [2.45, 2.75) is 0 Å². The Morgan fingerprint density at radius 2 is 2.00 bits per heavy atom. The first-order chi connectivity index (χ1) is 12.9. The summed E-state index contributed by atoms with van der Waals surface area (Å²) in [6.07, 6.45) is 8.84. The second kappa shape index (κ2) is 6.50. The molecule has 5 rings (SSSR count). The molecule has 1 saturated heterocycles. The van der Waals surface area contributed by atoms with Crippen LogP contribution in [-0.2, 0) is 9.47 Å². The van der Waals surface area contributed by atoms with Gasteiger partial charge in [0.25, 0.3) is 0 Å². The summed E-state index contributed by atoms with van der Waals surface area (Å²) in [6.45, 7) is 2.18. The van der Waals surface area contributed by atoms with E-state index >= 15 is 0 Å². The first-order valence-corrected chi connectivity index (χ1v) is 8.96. The zero-order chi connectivity index (χ0) is 17.3. The number of rotatable bonds is 0. The molecule has 1 aromatic rings. The lowest BCUT2D eigenvalue weighted by atomic mass is 9.69. The highest BCUT2D eigenvalue weighted by Crippen LogP contribution is 2.47. The standard InChI is InChI=1S/C24H18O2/c1-5-17-6-3-11-25-12-4-10-18-7-2-9-20-14-21-15-26-16-22(21)24(23(18)20)19(8-1)13-17/h1-2,5,7-9,13-14,18,23H,11-12,15-16H2. The van der Waals surface area contributed by atoms with Gasteiger partial charge >= 0.3 is 0 Å². The molecule has 2 atom stereocenters. The molecule has 2 aliphatic heterocycles. The van der Waals surface area contributed by atoms with Crippen LogP contribution in [0.25, 0.3) is 5.57 Å². The SMILES string of the molecule is C1#Cc2cccc(c2)C2=C3COCC3=CC3=CC=CC(C#CCOC1)C32. The van der Waals surface area contributed by atoms with Gasteiger partial charge in [0.05, 0.1) is 13.2 Å². The first kappa shape index (κ1) is 15.5. The third-order valence-electron chi connectivity index (χ3n) is 5.22. The van der Waals surface area contributed by atoms with E-state index in [-0.39, 0.29) is 11.8 Å². The van der Waals surface area contributed by atoms with Gasteiger partial charge in [-0.3, -0.25) is 0 Å². The molecule has 1 fully saturated rings. The minimum atomic E-state index is 0.143. The van der Waals surface area contributed by atoms with Gasteiger partial charge < -0.3 is 9.47 Å². The Morgan fingerprint density at radius 1 is 1.04 bits per heavy atom. The van der Waals surface area contributed by atoms with Gasteiger partial charge in [0.2, 0.25) is 0 Å². The first-order valence-electron chi connectivity index (χ1n) is 8.96. The summed E-state index contributed by atoms with van der Waals surface area (Å²) in [6, 6.07) is 8.52. The maximum atomic E-state index is 5.80. The van der Waals surface area contributed by atoms with Gasteiger partial charge in [0, 0.05) is 17.4 Å². The van der Waals surface area contributed by atoms with E-state index in [0.29, 0.717) is 26.4 Å². The molecule has 2 heterocycles. The maximum absolute atomic E-state index is 5.80. The van der Waals surface area contributed by atoms with Crippen molar-refractivity contribution in [3.05, 3.63) is 76.4 Å². The number of hydrogen-bond acceptors (Lipinski definition) is 2. The molecule has 26 heavy (non-hydrogen) atoms. The number of hydrogen-bond donors (Lipinski definition) is 0. The molecule has 126 valence electrons. The minimum absolute atomic E-state index is 0.143. The monoisotopic (exact) mass is 338 g/mol. The van der Waals surface area contributed by atoms with Crippen molar-refractivity contribution >= 4 is 5.57 Å². The zero-order valence-corrected chi connectivity index (χ0v) is 14.4. The average molecular weight is 338 g/mol. The molecule has 0 saturated carbocycles. The normalized spacial score (nSPS) is 25.7. The van der Waals surface area contributed by atoms with Crippen LogP contribution in [0.2, 0.25) is 0 Å². The molecular formula is C24H18O2. The molecule has 2 aliphatic carbocycles. The Balaban J connectivity index is 1.75. The lowest BCUT2D eigenvalue weighted by molar-refractivity contribution is 0.204. The molecule has 1 aromatic carbocycles. The smallest absolute Gasteiger partial charge is 0.109 e. The van der Waals surface area contributed by atoms with Crippen molar-refractivity contribution in [3.63, 3.8) is 0 Å². The van der Waals surface area contributed by atoms with Crippen molar-refractivity contribution in [3.8, 4) is 23.7 Å². The highest BCUT2D eigenvalue weighted by molar-refractivity contribution is 5.82. The highest BCUT2D eigenvalue weighted by atomic mass is 16.5. The van der Waals surface area contributed by atoms with E-state index in [1.165, 1.54) is 27.9 Å². The van der Waals surface area contributed by atoms with E-state index in [2.05, 4.69) is 72.3 Å². The Bertz CT molecular complexity index is 1010. The topological polar surface area (TPSA) is 18.5 Å². The van der Waals surface area contributed by atoms with Crippen molar-refractivity contribution in [1.29, 1.82) is 0 Å². The minimum Gasteiger partial charge on any atom is -0.372 e. The summed E-state index contributed by atoms with van der Waals surface area (Å²) >= 11 is 0. The summed E-state index contributed by atoms with van der Waals surface area (Å²) in [4.78, 5) is 0. The van der Waals surface area contributed by atoms with Crippen molar-refractivity contribution in [2.75, 3.05) is 26.4 Å². The van der Waals surface area contributed by atoms with Crippen LogP contribution in [0.15, 0.2) is 65.3 Å². The maximum Gasteiger partial charge on any atom is 0.109 e. The number of allylic oxidation sites excluding steroid dienone is 6. The van der Waals surface area contributed by atoms with Crippen molar-refractivity contribution < 1.29 is 9.47 Å². The van der Waals surface area contributed by atoms with Gasteiger partial charge in [-0.15, -0.1) is 0 Å². The van der Waals surface area contributed by atoms with Crippen LogP contribution in [0, 0.1) is 35.5 Å². The van der Waals surface area contributed by atoms with Crippen molar-refractivity contribution in [1.82, 2.24) is 0 Å². The molecule has 2 unspecified atom stereocenters. The van der Waals surface area contributed by atoms with Crippen LogP contribution in [0.4, 0.5) is 0 Å². The van der Waals surface area contributed by atoms with Gasteiger partial charge in [0.15, 0.2) is 0 Å². The average Bonchev–Trinajstić information content (AvgIpc) is 3.13. The lowest BCUT2D eigenvalue weighted by Crippen LogP contribution is -2.22. The fraction of sp³-hybridized carbons (Fsp3) is 0.250. The predicted molar refractivity (Wildman–Crippen MR) is 102 cm³/mol. The van der Waals surface area contributed by atoms with E-state index in [1.54, 1.807) is 0 Å². The molecule has 0 N–H and O–H groups in total. The number of fused-ring (bicyclic) bond motifs is 4. The molecule has 0 aromatic heterocycles. The fourth-order valence-electron chi connectivity index (χ4n) is 4.10. The summed E-state index contributed by atoms with van der Waals surface area (Å²) in [5, 5.41) is 0. The Labute approximate surface area is 153 Å². The summed E-state index contributed by atoms with van der Waals surface area (Å²) in [5.74, 6) is 13.3. The van der Waals surface area contributed by atoms with Gasteiger partial charge in [0.1, 0.15) is 13.2 Å². The van der Waals surface area contributed by atoms with Gasteiger partial charge in [-0.05, 0) is 40.0 Å². The Morgan fingerprint density at radius 3 is 3.00 bits per heavy atom. The van der Waals surface area contributed by atoms with Crippen molar-refractivity contribution in [2.24, 2.45) is 11.8 Å². The lowest BCUT2D eigenvalue weighted by Gasteiger charge is -2.33. The predicted octanol–water partition coefficient (Wildman–Crippen LogP) is 3.52. The Hall–Kier alpha value is -2.78. The third kappa shape index (κ3) is 2.65. The van der Waals surface area contributed by atoms with E-state index in [1.807, 2.05) is 0 Å². The quantitative estimate of drug-likeness (QED) is 0.674. The molecule has 2 nitrogen and oxygen atoms in total. The second-order valence-electron chi connectivity index (χ2n) is 6.81. The van der Waals surface area contributed by atoms with Crippen LogP contribution in [0.1, 0.15) is 11.1 Å². The number of ether oxygens (including phenoxy) is 2. The summed E-state index contributed by atoms with van der Waals surface area (Å²) < 4.78 is 11.3. The van der Waals surface area contributed by atoms with Gasteiger partial charge in [-0.1, -0.05) is 60.1 Å². The Kier molecular flexibility index (Phi) is 3.87. The zero-order valence-electron chi connectivity index (χ0n) is 14.4. The van der Waals surface area contributed by atoms with Crippen LogP contribution in [0.3, 0.4) is 0 Å². The van der Waals surface area contributed by atoms with E-state index in [4.69, 9.17) is 9.47 Å². The third-order valence-corrected chi connectivity index (χ3v) is 5.22. The second-order valence-corrected chi connectivity index (χ2v) is 6.81. The molecule has 0 amide bonds. The molecule has 0 spiro atoms. The van der Waals surface area contributed by atoms with Gasteiger partial charge in [-0.2, -0.15) is 0 Å². The molecule has 0 radical (unpaired) electrons. The van der Waals surface area contributed by atoms with E-state index < -0.39 is 0 Å². The molecule has 2 heteroatoms. The summed E-state index contributed by atoms with van der Waals surface area (Å²) in [5.41, 5.74) is 7.53. The van der Waals surface area contributed by atoms with Crippen LogP contribution >= 0.6 is 0 Å². The van der Waals surface area contributed by atoms with Crippen LogP contribution < -0.4 is 0 Å². The van der Waals surface area contributed by atoms with E-state index in [0.717, 1.165) is 5.56 Å². The van der Waals surface area contributed by atoms with E-state index in [9.17, 15) is 0 Å². The highest BCUT2D eigenvalue weighted by Gasteiger charge is 2.35. The largest absolute Gasteiger partial charge is 0.372 e. The summed E-state index contributed by atoms with van der Waals surface area (Å²) in [7, 11) is 0.